The number of thiophene rings is 1. The molecule has 2 heterocycles. The fourth-order valence-electron chi connectivity index (χ4n) is 2.36. The molecule has 2 aromatic heterocycles. The van der Waals surface area contributed by atoms with E-state index in [9.17, 15) is 9.59 Å². The third-order valence-electron chi connectivity index (χ3n) is 3.58. The predicted octanol–water partition coefficient (Wildman–Crippen LogP) is 2.85. The van der Waals surface area contributed by atoms with E-state index in [-0.39, 0.29) is 24.1 Å². The first-order valence-corrected chi connectivity index (χ1v) is 8.48. The first kappa shape index (κ1) is 16.1. The van der Waals surface area contributed by atoms with Gasteiger partial charge in [-0.3, -0.25) is 9.59 Å². The van der Waals surface area contributed by atoms with E-state index >= 15 is 0 Å². The zero-order valence-corrected chi connectivity index (χ0v) is 14.0. The highest BCUT2D eigenvalue weighted by Gasteiger charge is 2.12. The molecule has 0 aliphatic carbocycles. The molecule has 0 saturated heterocycles. The van der Waals surface area contributed by atoms with Crippen LogP contribution < -0.4 is 10.9 Å². The van der Waals surface area contributed by atoms with E-state index in [0.717, 1.165) is 10.4 Å². The molecule has 0 aliphatic heterocycles. The van der Waals surface area contributed by atoms with Crippen LogP contribution in [0.2, 0.25) is 0 Å². The molecule has 0 saturated carbocycles. The van der Waals surface area contributed by atoms with Gasteiger partial charge in [0.15, 0.2) is 0 Å². The van der Waals surface area contributed by atoms with Crippen LogP contribution in [0.3, 0.4) is 0 Å². The average Bonchev–Trinajstić information content (AvgIpc) is 3.12. The van der Waals surface area contributed by atoms with E-state index in [1.807, 2.05) is 54.8 Å². The summed E-state index contributed by atoms with van der Waals surface area (Å²) in [4.78, 5) is 25.3. The van der Waals surface area contributed by atoms with Gasteiger partial charge in [0.05, 0.1) is 11.7 Å². The molecule has 5 nitrogen and oxygen atoms in total. The lowest BCUT2D eigenvalue weighted by molar-refractivity contribution is -0.122. The molecule has 1 amide bonds. The van der Waals surface area contributed by atoms with Crippen molar-refractivity contribution in [3.63, 3.8) is 0 Å². The van der Waals surface area contributed by atoms with Crippen molar-refractivity contribution in [2.75, 3.05) is 0 Å². The van der Waals surface area contributed by atoms with Crippen LogP contribution in [0.5, 0.6) is 0 Å². The van der Waals surface area contributed by atoms with Gasteiger partial charge in [0.2, 0.25) is 5.91 Å². The number of benzene rings is 1. The lowest BCUT2D eigenvalue weighted by Gasteiger charge is -2.13. The van der Waals surface area contributed by atoms with Gasteiger partial charge in [0.1, 0.15) is 6.54 Å². The van der Waals surface area contributed by atoms with Crippen LogP contribution in [0, 0.1) is 0 Å². The molecular formula is C18H17N3O2S. The maximum atomic E-state index is 12.2. The van der Waals surface area contributed by atoms with Crippen molar-refractivity contribution in [1.82, 2.24) is 15.1 Å². The Bertz CT molecular complexity index is 873. The molecule has 1 N–H and O–H groups in total. The molecule has 0 radical (unpaired) electrons. The van der Waals surface area contributed by atoms with Gasteiger partial charge >= 0.3 is 0 Å². The predicted molar refractivity (Wildman–Crippen MR) is 94.8 cm³/mol. The van der Waals surface area contributed by atoms with Gasteiger partial charge in [-0.25, -0.2) is 4.68 Å². The minimum atomic E-state index is -0.298. The molecule has 0 aliphatic rings. The second-order valence-electron chi connectivity index (χ2n) is 5.39. The summed E-state index contributed by atoms with van der Waals surface area (Å²) in [6.07, 6.45) is 0. The number of hydrogen-bond acceptors (Lipinski definition) is 4. The van der Waals surface area contributed by atoms with Crippen molar-refractivity contribution in [3.8, 4) is 11.3 Å². The summed E-state index contributed by atoms with van der Waals surface area (Å²) in [7, 11) is 0. The number of carbonyl (C=O) groups is 1. The third kappa shape index (κ3) is 3.78. The summed E-state index contributed by atoms with van der Waals surface area (Å²) >= 11 is 1.58. The Morgan fingerprint density at radius 3 is 2.67 bits per heavy atom. The van der Waals surface area contributed by atoms with Gasteiger partial charge in [-0.1, -0.05) is 36.4 Å². The summed E-state index contributed by atoms with van der Waals surface area (Å²) in [6.45, 7) is 1.82. The van der Waals surface area contributed by atoms with Crippen molar-refractivity contribution in [2.24, 2.45) is 0 Å². The number of carbonyl (C=O) groups excluding carboxylic acids is 1. The van der Waals surface area contributed by atoms with Gasteiger partial charge in [-0.2, -0.15) is 5.10 Å². The normalized spacial score (nSPS) is 11.9. The third-order valence-corrected chi connectivity index (χ3v) is 4.63. The summed E-state index contributed by atoms with van der Waals surface area (Å²) in [6, 6.07) is 16.5. The molecule has 0 fully saturated rings. The molecule has 1 atom stereocenters. The van der Waals surface area contributed by atoms with Crippen LogP contribution in [-0.2, 0) is 11.3 Å². The van der Waals surface area contributed by atoms with Gasteiger partial charge in [0, 0.05) is 16.5 Å². The van der Waals surface area contributed by atoms with Gasteiger partial charge in [0.25, 0.3) is 5.56 Å². The first-order chi connectivity index (χ1) is 11.6. The van der Waals surface area contributed by atoms with Gasteiger partial charge in [-0.05, 0) is 24.4 Å². The molecule has 24 heavy (non-hydrogen) atoms. The van der Waals surface area contributed by atoms with Crippen molar-refractivity contribution >= 4 is 17.2 Å². The Morgan fingerprint density at radius 1 is 1.17 bits per heavy atom. The highest BCUT2D eigenvalue weighted by molar-refractivity contribution is 7.10. The van der Waals surface area contributed by atoms with E-state index in [4.69, 9.17) is 0 Å². The SMILES string of the molecule is CC(NC(=O)Cn1nc(-c2ccccc2)ccc1=O)c1cccs1. The fraction of sp³-hybridized carbons (Fsp3) is 0.167. The second-order valence-corrected chi connectivity index (χ2v) is 6.36. The van der Waals surface area contributed by atoms with Crippen LogP contribution in [-0.4, -0.2) is 15.7 Å². The molecule has 1 aromatic carbocycles. The Hall–Kier alpha value is -2.73. The topological polar surface area (TPSA) is 64.0 Å². The molecule has 1 unspecified atom stereocenters. The van der Waals surface area contributed by atoms with E-state index in [1.165, 1.54) is 10.7 Å². The van der Waals surface area contributed by atoms with E-state index in [2.05, 4.69) is 10.4 Å². The summed E-state index contributed by atoms with van der Waals surface area (Å²) < 4.78 is 1.19. The molecule has 3 aromatic rings. The Morgan fingerprint density at radius 2 is 1.96 bits per heavy atom. The molecule has 3 rings (SSSR count). The quantitative estimate of drug-likeness (QED) is 0.777. The first-order valence-electron chi connectivity index (χ1n) is 7.60. The lowest BCUT2D eigenvalue weighted by Crippen LogP contribution is -2.34. The van der Waals surface area contributed by atoms with Crippen molar-refractivity contribution in [1.29, 1.82) is 0 Å². The van der Waals surface area contributed by atoms with Gasteiger partial charge < -0.3 is 5.32 Å². The Balaban J connectivity index is 1.75. The maximum absolute atomic E-state index is 12.2. The lowest BCUT2D eigenvalue weighted by atomic mass is 10.1. The zero-order chi connectivity index (χ0) is 16.9. The van der Waals surface area contributed by atoms with Crippen molar-refractivity contribution in [2.45, 2.75) is 19.5 Å². The Kier molecular flexibility index (Phi) is 4.86. The number of amides is 1. The van der Waals surface area contributed by atoms with Crippen molar-refractivity contribution in [3.05, 3.63) is 75.2 Å². The maximum Gasteiger partial charge on any atom is 0.267 e. The number of aromatic nitrogens is 2. The fourth-order valence-corrected chi connectivity index (χ4v) is 3.09. The minimum absolute atomic E-state index is 0.0921. The van der Waals surface area contributed by atoms with Crippen LogP contribution in [0.15, 0.2) is 64.8 Å². The largest absolute Gasteiger partial charge is 0.347 e. The van der Waals surface area contributed by atoms with Crippen LogP contribution in [0.4, 0.5) is 0 Å². The smallest absolute Gasteiger partial charge is 0.267 e. The summed E-state index contributed by atoms with van der Waals surface area (Å²) in [5.41, 5.74) is 1.27. The molecule has 6 heteroatoms. The monoisotopic (exact) mass is 339 g/mol. The average molecular weight is 339 g/mol. The van der Waals surface area contributed by atoms with Crippen molar-refractivity contribution < 1.29 is 4.79 Å². The molecule has 0 bridgehead atoms. The number of nitrogens with zero attached hydrogens (tertiary/aromatic N) is 2. The number of hydrogen-bond donors (Lipinski definition) is 1. The van der Waals surface area contributed by atoms with E-state index < -0.39 is 0 Å². The Labute approximate surface area is 143 Å². The summed E-state index contributed by atoms with van der Waals surface area (Å²) in [5, 5.41) is 9.15. The van der Waals surface area contributed by atoms with Gasteiger partial charge in [-0.15, -0.1) is 11.3 Å². The van der Waals surface area contributed by atoms with E-state index in [0.29, 0.717) is 5.69 Å². The van der Waals surface area contributed by atoms with Crippen LogP contribution in [0.25, 0.3) is 11.3 Å². The van der Waals surface area contributed by atoms with Crippen LogP contribution >= 0.6 is 11.3 Å². The highest BCUT2D eigenvalue weighted by Crippen LogP contribution is 2.18. The molecule has 0 spiro atoms. The molecule has 122 valence electrons. The molecular weight excluding hydrogens is 322 g/mol. The second kappa shape index (κ2) is 7.23. The van der Waals surface area contributed by atoms with E-state index in [1.54, 1.807) is 17.4 Å². The number of rotatable bonds is 5. The summed E-state index contributed by atoms with van der Waals surface area (Å²) in [5.74, 6) is -0.240. The highest BCUT2D eigenvalue weighted by atomic mass is 32.1. The zero-order valence-electron chi connectivity index (χ0n) is 13.2. The van der Waals surface area contributed by atoms with Crippen LogP contribution in [0.1, 0.15) is 17.8 Å². The minimum Gasteiger partial charge on any atom is -0.347 e. The standard InChI is InChI=1S/C18H17N3O2S/c1-13(16-8-5-11-24-16)19-17(22)12-21-18(23)10-9-15(20-21)14-6-3-2-4-7-14/h2-11,13H,12H2,1H3,(H,19,22). The number of nitrogens with one attached hydrogen (secondary N) is 1.